The van der Waals surface area contributed by atoms with Crippen molar-refractivity contribution >= 4 is 28.7 Å². The molecule has 9 nitrogen and oxygen atoms in total. The number of aromatic hydroxyl groups is 1. The number of amides is 1. The van der Waals surface area contributed by atoms with Gasteiger partial charge in [-0.3, -0.25) is 4.79 Å². The molecule has 10 heteroatoms. The van der Waals surface area contributed by atoms with Crippen molar-refractivity contribution in [2.45, 2.75) is 56.7 Å². The first-order chi connectivity index (χ1) is 19.2. The smallest absolute Gasteiger partial charge is 0.415 e. The number of likely N-dealkylation sites (tertiary alicyclic amines) is 1. The molecule has 3 heterocycles. The minimum atomic E-state index is -0.818. The number of rotatable bonds is 5. The van der Waals surface area contributed by atoms with Gasteiger partial charge in [0, 0.05) is 54.9 Å². The molecule has 5 rings (SSSR count). The monoisotopic (exact) mass is 569 g/mol. The van der Waals surface area contributed by atoms with Gasteiger partial charge >= 0.3 is 6.09 Å². The Labute approximate surface area is 238 Å². The number of piperidine rings is 2. The first-order valence-electron chi connectivity index (χ1n) is 13.8. The fourth-order valence-corrected chi connectivity index (χ4v) is 6.09. The molecule has 0 spiro atoms. The number of nitrogens with one attached hydrogen (secondary N) is 1. The number of fused-ring (bicyclic) bond motifs is 1. The van der Waals surface area contributed by atoms with Crippen molar-refractivity contribution in [2.24, 2.45) is 0 Å². The number of aliphatic hydroxyl groups is 1. The number of halogens is 1. The number of likely N-dealkylation sites (N-methyl/N-ethyl adjacent to an activating group) is 2. The highest BCUT2D eigenvalue weighted by atomic mass is 35.5. The Morgan fingerprint density at radius 1 is 1.25 bits per heavy atom. The lowest BCUT2D eigenvalue weighted by molar-refractivity contribution is 0.0626. The number of aliphatic hydroxyl groups excluding tert-OH is 1. The zero-order chi connectivity index (χ0) is 28.6. The first kappa shape index (κ1) is 28.4. The van der Waals surface area contributed by atoms with E-state index in [-0.39, 0.29) is 40.3 Å². The van der Waals surface area contributed by atoms with Crippen LogP contribution in [0, 0.1) is 0 Å². The van der Waals surface area contributed by atoms with Gasteiger partial charge < -0.3 is 34.5 Å². The van der Waals surface area contributed by atoms with Crippen LogP contribution in [0.2, 0.25) is 5.02 Å². The van der Waals surface area contributed by atoms with Gasteiger partial charge in [-0.1, -0.05) is 30.2 Å². The lowest BCUT2D eigenvalue weighted by Crippen LogP contribution is -2.51. The van der Waals surface area contributed by atoms with Gasteiger partial charge in [0.2, 0.25) is 0 Å². The van der Waals surface area contributed by atoms with Gasteiger partial charge in [-0.15, -0.1) is 0 Å². The summed E-state index contributed by atoms with van der Waals surface area (Å²) in [7, 11) is 3.60. The summed E-state index contributed by atoms with van der Waals surface area (Å²) in [6.45, 7) is 3.94. The summed E-state index contributed by atoms with van der Waals surface area (Å²) in [4.78, 5) is 30.3. The Morgan fingerprint density at radius 3 is 2.73 bits per heavy atom. The second-order valence-corrected chi connectivity index (χ2v) is 11.4. The first-order valence-corrected chi connectivity index (χ1v) is 14.2. The maximum Gasteiger partial charge on any atom is 0.415 e. The van der Waals surface area contributed by atoms with E-state index in [4.69, 9.17) is 20.8 Å². The Morgan fingerprint density at radius 2 is 2.02 bits per heavy atom. The largest absolute Gasteiger partial charge is 0.507 e. The molecule has 0 saturated carbocycles. The van der Waals surface area contributed by atoms with E-state index in [9.17, 15) is 19.8 Å². The molecule has 1 amide bonds. The van der Waals surface area contributed by atoms with Gasteiger partial charge in [-0.05, 0) is 58.5 Å². The highest BCUT2D eigenvalue weighted by molar-refractivity contribution is 6.33. The quantitative estimate of drug-likeness (QED) is 0.410. The lowest BCUT2D eigenvalue weighted by Gasteiger charge is -2.36. The number of hydrogen-bond donors (Lipinski definition) is 3. The van der Waals surface area contributed by atoms with Crippen molar-refractivity contribution in [1.29, 1.82) is 0 Å². The Hall–Kier alpha value is -3.11. The van der Waals surface area contributed by atoms with E-state index in [1.54, 1.807) is 31.3 Å². The van der Waals surface area contributed by atoms with Crippen LogP contribution < -0.4 is 15.5 Å². The van der Waals surface area contributed by atoms with Crippen LogP contribution in [0.3, 0.4) is 0 Å². The normalized spacial score (nSPS) is 22.7. The molecule has 214 valence electrons. The number of hydrogen-bond acceptors (Lipinski definition) is 8. The van der Waals surface area contributed by atoms with Gasteiger partial charge in [0.15, 0.2) is 5.43 Å². The number of phenols is 1. The number of β-amino-alcohol motifs (C(OH)–C–C–N with tert-alkyl or cyclic N) is 1. The molecule has 0 radical (unpaired) electrons. The summed E-state index contributed by atoms with van der Waals surface area (Å²) in [6, 6.07) is 9.55. The van der Waals surface area contributed by atoms with Crippen LogP contribution in [-0.4, -0.2) is 78.0 Å². The summed E-state index contributed by atoms with van der Waals surface area (Å²) in [5, 5.41) is 25.9. The Balaban J connectivity index is 1.62. The van der Waals surface area contributed by atoms with Crippen molar-refractivity contribution < 1.29 is 24.2 Å². The van der Waals surface area contributed by atoms with Gasteiger partial charge in [0.25, 0.3) is 0 Å². The van der Waals surface area contributed by atoms with Gasteiger partial charge in [-0.2, -0.15) is 0 Å². The van der Waals surface area contributed by atoms with Crippen molar-refractivity contribution in [3.8, 4) is 22.8 Å². The minimum Gasteiger partial charge on any atom is -0.507 e. The van der Waals surface area contributed by atoms with Crippen LogP contribution in [0.4, 0.5) is 4.79 Å². The number of ether oxygens (including phenoxy) is 1. The number of carbonyl (C=O) groups excluding carboxylic acids is 1. The number of benzene rings is 2. The van der Waals surface area contributed by atoms with Crippen LogP contribution in [-0.2, 0) is 0 Å². The van der Waals surface area contributed by atoms with Crippen LogP contribution in [0.1, 0.15) is 44.1 Å². The third-order valence-electron chi connectivity index (χ3n) is 8.30. The zero-order valence-corrected chi connectivity index (χ0v) is 23.8. The molecule has 2 saturated heterocycles. The van der Waals surface area contributed by atoms with E-state index in [1.165, 1.54) is 17.0 Å². The number of phenolic OH excluding ortho intramolecular Hbond substituents is 1. The van der Waals surface area contributed by atoms with Crippen molar-refractivity contribution in [3.05, 3.63) is 57.2 Å². The van der Waals surface area contributed by atoms with Gasteiger partial charge in [0.05, 0.1) is 11.1 Å². The zero-order valence-electron chi connectivity index (χ0n) is 23.0. The van der Waals surface area contributed by atoms with Crippen LogP contribution in [0.15, 0.2) is 45.6 Å². The SMILES string of the molecule is CC([C@@H]1CCCCN1)N(C)C(=O)Oc1cc(O)c2c(=O)cc(-c3ccccc3Cl)oc2c1[C@H]1CCN(C)C[C@H]1O. The molecule has 0 aliphatic carbocycles. The summed E-state index contributed by atoms with van der Waals surface area (Å²) in [6.07, 6.45) is 2.26. The second kappa shape index (κ2) is 11.8. The van der Waals surface area contributed by atoms with Gasteiger partial charge in [0.1, 0.15) is 28.2 Å². The van der Waals surface area contributed by atoms with Crippen molar-refractivity contribution in [3.63, 3.8) is 0 Å². The third-order valence-corrected chi connectivity index (χ3v) is 8.63. The Kier molecular flexibility index (Phi) is 8.37. The molecule has 40 heavy (non-hydrogen) atoms. The number of carbonyl (C=O) groups is 1. The maximum absolute atomic E-state index is 13.4. The number of nitrogens with zero attached hydrogens (tertiary/aromatic N) is 2. The highest BCUT2D eigenvalue weighted by Gasteiger charge is 2.35. The fraction of sp³-hybridized carbons (Fsp3) is 0.467. The van der Waals surface area contributed by atoms with E-state index in [1.807, 2.05) is 18.9 Å². The molecule has 2 aliphatic rings. The minimum absolute atomic E-state index is 0.0372. The molecular formula is C30H36ClN3O6. The van der Waals surface area contributed by atoms with E-state index in [2.05, 4.69) is 5.32 Å². The molecule has 3 N–H and O–H groups in total. The predicted molar refractivity (Wildman–Crippen MR) is 154 cm³/mol. The standard InChI is InChI=1S/C30H36ClN3O6/c1-17(21-10-6-7-12-32-21)34(3)30(38)40-26-15-23(36)28-22(35)14-25(18-8-4-5-9-20(18)31)39-29(28)27(26)19-11-13-33(2)16-24(19)37/h4-5,8-9,14-15,17,19,21,24,32,36-37H,6-7,10-13,16H2,1-3H3/t17?,19-,21-,24+/m0/s1. The topological polar surface area (TPSA) is 115 Å². The summed E-state index contributed by atoms with van der Waals surface area (Å²) >= 11 is 6.41. The van der Waals surface area contributed by atoms with E-state index < -0.39 is 23.5 Å². The Bertz CT molecular complexity index is 1450. The average molecular weight is 570 g/mol. The molecular weight excluding hydrogens is 534 g/mol. The third kappa shape index (κ3) is 5.56. The molecule has 2 aromatic carbocycles. The fourth-order valence-electron chi connectivity index (χ4n) is 5.86. The molecule has 1 unspecified atom stereocenters. The molecule has 2 fully saturated rings. The average Bonchev–Trinajstić information content (AvgIpc) is 2.93. The van der Waals surface area contributed by atoms with E-state index in [0.29, 0.717) is 35.7 Å². The van der Waals surface area contributed by atoms with Gasteiger partial charge in [-0.25, -0.2) is 4.79 Å². The second-order valence-electron chi connectivity index (χ2n) is 11.0. The molecule has 3 aromatic rings. The molecule has 1 aromatic heterocycles. The van der Waals surface area contributed by atoms with Crippen LogP contribution >= 0.6 is 11.6 Å². The summed E-state index contributed by atoms with van der Waals surface area (Å²) < 4.78 is 12.2. The molecule has 4 atom stereocenters. The van der Waals surface area contributed by atoms with Crippen LogP contribution in [0.5, 0.6) is 11.5 Å². The van der Waals surface area contributed by atoms with Crippen molar-refractivity contribution in [1.82, 2.24) is 15.1 Å². The summed E-state index contributed by atoms with van der Waals surface area (Å²) in [5.41, 5.74) is 0.492. The summed E-state index contributed by atoms with van der Waals surface area (Å²) in [5.74, 6) is -0.606. The molecule has 0 bridgehead atoms. The highest BCUT2D eigenvalue weighted by Crippen LogP contribution is 2.44. The maximum atomic E-state index is 13.4. The molecule has 2 aliphatic heterocycles. The van der Waals surface area contributed by atoms with E-state index >= 15 is 0 Å². The van der Waals surface area contributed by atoms with Crippen molar-refractivity contribution in [2.75, 3.05) is 33.7 Å². The van der Waals surface area contributed by atoms with E-state index in [0.717, 1.165) is 25.8 Å². The lowest BCUT2D eigenvalue weighted by atomic mass is 9.85. The predicted octanol–water partition coefficient (Wildman–Crippen LogP) is 4.56. The van der Waals surface area contributed by atoms with Crippen LogP contribution in [0.25, 0.3) is 22.3 Å².